The number of aryl methyl sites for hydroxylation is 1. The number of aromatic amines is 1. The number of nitrogens with one attached hydrogen (secondary N) is 1. The van der Waals surface area contributed by atoms with E-state index in [1.165, 1.54) is 0 Å². The molecule has 2 aromatic rings. The Labute approximate surface area is 73.4 Å². The summed E-state index contributed by atoms with van der Waals surface area (Å²) >= 11 is 0. The Bertz CT molecular complexity index is 475. The second-order valence-corrected chi connectivity index (χ2v) is 2.71. The summed E-state index contributed by atoms with van der Waals surface area (Å²) in [5.41, 5.74) is 1.90. The number of carboxylic acids is 1. The van der Waals surface area contributed by atoms with E-state index in [1.54, 1.807) is 12.1 Å². The number of hydrogen-bond donors (Lipinski definition) is 2. The van der Waals surface area contributed by atoms with Gasteiger partial charge in [0, 0.05) is 5.69 Å². The first kappa shape index (κ1) is 7.72. The molecule has 2 N–H and O–H groups in total. The van der Waals surface area contributed by atoms with Crippen molar-refractivity contribution in [3.63, 3.8) is 0 Å². The van der Waals surface area contributed by atoms with Gasteiger partial charge in [-0.15, -0.1) is 0 Å². The summed E-state index contributed by atoms with van der Waals surface area (Å²) in [4.78, 5) is 21.1. The molecule has 0 fully saturated rings. The highest BCUT2D eigenvalue weighted by atomic mass is 16.4. The van der Waals surface area contributed by atoms with Crippen LogP contribution in [0.1, 0.15) is 16.3 Å². The van der Waals surface area contributed by atoms with Crippen LogP contribution in [0.3, 0.4) is 0 Å². The van der Waals surface area contributed by atoms with Gasteiger partial charge in [-0.2, -0.15) is 0 Å². The quantitative estimate of drug-likeness (QED) is 0.680. The zero-order valence-corrected chi connectivity index (χ0v) is 6.90. The number of pyridine rings is 1. The summed E-state index contributed by atoms with van der Waals surface area (Å²) in [5.74, 6) is -1.15. The summed E-state index contributed by atoms with van der Waals surface area (Å²) in [6, 6.07) is 3.56. The maximum absolute atomic E-state index is 10.5. The smallest absolute Gasteiger partial charge is 0.371 e. The monoisotopic (exact) mass is 177 g/mol. The zero-order valence-electron chi connectivity index (χ0n) is 6.90. The van der Waals surface area contributed by atoms with Gasteiger partial charge in [0.2, 0.25) is 5.82 Å². The van der Waals surface area contributed by atoms with E-state index in [9.17, 15) is 4.79 Å². The van der Waals surface area contributed by atoms with Crippen molar-refractivity contribution in [1.82, 2.24) is 15.0 Å². The summed E-state index contributed by atoms with van der Waals surface area (Å²) in [5, 5.41) is 8.63. The molecule has 0 aliphatic heterocycles. The van der Waals surface area contributed by atoms with E-state index >= 15 is 0 Å². The fourth-order valence-electron chi connectivity index (χ4n) is 1.09. The van der Waals surface area contributed by atoms with Gasteiger partial charge < -0.3 is 10.1 Å². The van der Waals surface area contributed by atoms with Crippen molar-refractivity contribution in [2.75, 3.05) is 0 Å². The van der Waals surface area contributed by atoms with Crippen molar-refractivity contribution in [1.29, 1.82) is 0 Å². The van der Waals surface area contributed by atoms with Gasteiger partial charge in [-0.3, -0.25) is 0 Å². The van der Waals surface area contributed by atoms with Crippen LogP contribution in [0.5, 0.6) is 0 Å². The first-order chi connectivity index (χ1) is 6.16. The van der Waals surface area contributed by atoms with Crippen LogP contribution in [0.2, 0.25) is 0 Å². The predicted molar refractivity (Wildman–Crippen MR) is 45.6 cm³/mol. The Balaban J connectivity index is 2.68. The lowest BCUT2D eigenvalue weighted by atomic mass is 10.4. The third-order valence-corrected chi connectivity index (χ3v) is 1.69. The number of carboxylic acid groups (broad SMARTS) is 1. The molecule has 0 radical (unpaired) electrons. The van der Waals surface area contributed by atoms with Crippen molar-refractivity contribution < 1.29 is 9.90 Å². The Morgan fingerprint density at radius 1 is 1.46 bits per heavy atom. The number of imidazole rings is 1. The Hall–Kier alpha value is -1.91. The lowest BCUT2D eigenvalue weighted by molar-refractivity contribution is 0.0685. The summed E-state index contributed by atoms with van der Waals surface area (Å²) < 4.78 is 0. The Morgan fingerprint density at radius 3 is 2.92 bits per heavy atom. The highest BCUT2D eigenvalue weighted by molar-refractivity contribution is 5.87. The second-order valence-electron chi connectivity index (χ2n) is 2.71. The molecular formula is C8H7N3O2. The summed E-state index contributed by atoms with van der Waals surface area (Å²) in [6.45, 7) is 1.83. The molecule has 5 heteroatoms. The SMILES string of the molecule is Cc1ccc2[nH]c(C(=O)O)nc2n1. The number of fused-ring (bicyclic) bond motifs is 1. The normalized spacial score (nSPS) is 10.5. The van der Waals surface area contributed by atoms with Crippen LogP contribution in [-0.2, 0) is 0 Å². The molecular weight excluding hydrogens is 170 g/mol. The average Bonchev–Trinajstić information content (AvgIpc) is 2.46. The molecule has 13 heavy (non-hydrogen) atoms. The lowest BCUT2D eigenvalue weighted by Gasteiger charge is -1.88. The van der Waals surface area contributed by atoms with E-state index < -0.39 is 5.97 Å². The zero-order chi connectivity index (χ0) is 9.42. The molecule has 2 rings (SSSR count). The molecule has 2 aromatic heterocycles. The van der Waals surface area contributed by atoms with Crippen LogP contribution >= 0.6 is 0 Å². The van der Waals surface area contributed by atoms with Crippen molar-refractivity contribution in [2.24, 2.45) is 0 Å². The van der Waals surface area contributed by atoms with Crippen molar-refractivity contribution >= 4 is 17.1 Å². The molecule has 0 unspecified atom stereocenters. The highest BCUT2D eigenvalue weighted by Crippen LogP contribution is 2.09. The maximum Gasteiger partial charge on any atom is 0.371 e. The molecule has 0 aliphatic rings. The van der Waals surface area contributed by atoms with Crippen LogP contribution in [0, 0.1) is 6.92 Å². The molecule has 0 spiro atoms. The van der Waals surface area contributed by atoms with E-state index in [-0.39, 0.29) is 5.82 Å². The molecule has 0 saturated heterocycles. The number of nitrogens with zero attached hydrogens (tertiary/aromatic N) is 2. The van der Waals surface area contributed by atoms with Gasteiger partial charge in [-0.25, -0.2) is 14.8 Å². The Kier molecular flexibility index (Phi) is 1.51. The van der Waals surface area contributed by atoms with Gasteiger partial charge in [-0.05, 0) is 19.1 Å². The van der Waals surface area contributed by atoms with Crippen LogP contribution in [0.25, 0.3) is 11.2 Å². The topological polar surface area (TPSA) is 78.9 Å². The highest BCUT2D eigenvalue weighted by Gasteiger charge is 2.09. The first-order valence-electron chi connectivity index (χ1n) is 3.73. The number of carbonyl (C=O) groups is 1. The minimum atomic E-state index is -1.07. The molecule has 0 aromatic carbocycles. The molecule has 0 aliphatic carbocycles. The molecule has 66 valence electrons. The van der Waals surface area contributed by atoms with E-state index in [4.69, 9.17) is 5.11 Å². The summed E-state index contributed by atoms with van der Waals surface area (Å²) in [6.07, 6.45) is 0. The third kappa shape index (κ3) is 1.24. The van der Waals surface area contributed by atoms with Gasteiger partial charge in [-0.1, -0.05) is 0 Å². The fourth-order valence-corrected chi connectivity index (χ4v) is 1.09. The predicted octanol–water partition coefficient (Wildman–Crippen LogP) is 0.965. The number of H-pyrrole nitrogens is 1. The van der Waals surface area contributed by atoms with Crippen molar-refractivity contribution in [2.45, 2.75) is 6.92 Å². The van der Waals surface area contributed by atoms with E-state index in [2.05, 4.69) is 15.0 Å². The van der Waals surface area contributed by atoms with Gasteiger partial charge in [0.05, 0.1) is 5.52 Å². The molecule has 0 amide bonds. The van der Waals surface area contributed by atoms with Crippen LogP contribution in [0.15, 0.2) is 12.1 Å². The summed E-state index contributed by atoms with van der Waals surface area (Å²) in [7, 11) is 0. The average molecular weight is 177 g/mol. The van der Waals surface area contributed by atoms with Crippen molar-refractivity contribution in [3.8, 4) is 0 Å². The fraction of sp³-hybridized carbons (Fsp3) is 0.125. The number of aromatic nitrogens is 3. The van der Waals surface area contributed by atoms with E-state index in [1.807, 2.05) is 6.92 Å². The minimum Gasteiger partial charge on any atom is -0.475 e. The largest absolute Gasteiger partial charge is 0.475 e. The molecule has 0 saturated carbocycles. The van der Waals surface area contributed by atoms with E-state index in [0.717, 1.165) is 5.69 Å². The third-order valence-electron chi connectivity index (χ3n) is 1.69. The molecule has 2 heterocycles. The van der Waals surface area contributed by atoms with Gasteiger partial charge in [0.1, 0.15) is 0 Å². The van der Waals surface area contributed by atoms with Crippen LogP contribution in [0.4, 0.5) is 0 Å². The first-order valence-corrected chi connectivity index (χ1v) is 3.73. The van der Waals surface area contributed by atoms with Gasteiger partial charge in [0.15, 0.2) is 5.65 Å². The number of rotatable bonds is 1. The second kappa shape index (κ2) is 2.55. The minimum absolute atomic E-state index is 0.0758. The van der Waals surface area contributed by atoms with Crippen LogP contribution < -0.4 is 0 Å². The van der Waals surface area contributed by atoms with Gasteiger partial charge in [0.25, 0.3) is 0 Å². The van der Waals surface area contributed by atoms with Gasteiger partial charge >= 0.3 is 5.97 Å². The Morgan fingerprint density at radius 2 is 2.23 bits per heavy atom. The standard InChI is InChI=1S/C8H7N3O2/c1-4-2-3-5-6(9-4)11-7(10-5)8(12)13/h2-3H,1H3,(H,12,13)(H,9,10,11). The van der Waals surface area contributed by atoms with Crippen LogP contribution in [-0.4, -0.2) is 26.0 Å². The molecule has 5 nitrogen and oxygen atoms in total. The van der Waals surface area contributed by atoms with Crippen molar-refractivity contribution in [3.05, 3.63) is 23.7 Å². The molecule has 0 bridgehead atoms. The molecule has 0 atom stereocenters. The lowest BCUT2D eigenvalue weighted by Crippen LogP contribution is -1.97. The number of aromatic carboxylic acids is 1. The number of hydrogen-bond acceptors (Lipinski definition) is 3. The maximum atomic E-state index is 10.5. The van der Waals surface area contributed by atoms with E-state index in [0.29, 0.717) is 11.2 Å².